The molecule has 0 heterocycles. The molecule has 1 saturated carbocycles. The summed E-state index contributed by atoms with van der Waals surface area (Å²) in [5.41, 5.74) is 1.34. The summed E-state index contributed by atoms with van der Waals surface area (Å²) in [6, 6.07) is 15.7. The minimum Gasteiger partial charge on any atom is -0.393 e. The normalized spacial score (nSPS) is 24.8. The fraction of sp³-hybridized carbons (Fsp3) is 0.375. The predicted molar refractivity (Wildman–Crippen MR) is 74.5 cm³/mol. The molecule has 2 N–H and O–H groups in total. The van der Waals surface area contributed by atoms with Crippen LogP contribution in [0.4, 0.5) is 0 Å². The number of aliphatic hydroxyl groups is 1. The molecule has 0 amide bonds. The van der Waals surface area contributed by atoms with Gasteiger partial charge in [0.1, 0.15) is 0 Å². The molecule has 0 aromatic heterocycles. The fourth-order valence-electron chi connectivity index (χ4n) is 2.80. The molecule has 2 heteroatoms. The van der Waals surface area contributed by atoms with Crippen LogP contribution in [0, 0.1) is 0 Å². The van der Waals surface area contributed by atoms with Gasteiger partial charge < -0.3 is 10.4 Å². The highest BCUT2D eigenvalue weighted by Gasteiger charge is 2.28. The SMILES string of the molecule is CC(NC1CC(O)C1)c1cccc2ccccc12. The number of hydrogen-bond donors (Lipinski definition) is 2. The zero-order chi connectivity index (χ0) is 12.5. The van der Waals surface area contributed by atoms with Gasteiger partial charge in [0.15, 0.2) is 0 Å². The Kier molecular flexibility index (Phi) is 3.06. The lowest BCUT2D eigenvalue weighted by Crippen LogP contribution is -2.45. The van der Waals surface area contributed by atoms with Gasteiger partial charge in [-0.3, -0.25) is 0 Å². The number of fused-ring (bicyclic) bond motifs is 1. The number of hydrogen-bond acceptors (Lipinski definition) is 2. The van der Waals surface area contributed by atoms with E-state index in [4.69, 9.17) is 0 Å². The summed E-state index contributed by atoms with van der Waals surface area (Å²) in [5.74, 6) is 0. The lowest BCUT2D eigenvalue weighted by molar-refractivity contribution is 0.0586. The van der Waals surface area contributed by atoms with Gasteiger partial charge in [-0.1, -0.05) is 42.5 Å². The second-order valence-corrected chi connectivity index (χ2v) is 5.28. The van der Waals surface area contributed by atoms with Crippen LogP contribution in [0.2, 0.25) is 0 Å². The number of rotatable bonds is 3. The van der Waals surface area contributed by atoms with Crippen LogP contribution in [-0.2, 0) is 0 Å². The van der Waals surface area contributed by atoms with E-state index in [9.17, 15) is 5.11 Å². The third kappa shape index (κ3) is 2.14. The van der Waals surface area contributed by atoms with Crippen LogP contribution in [0.5, 0.6) is 0 Å². The van der Waals surface area contributed by atoms with Gasteiger partial charge in [0, 0.05) is 12.1 Å². The molecule has 0 radical (unpaired) electrons. The second-order valence-electron chi connectivity index (χ2n) is 5.28. The minimum absolute atomic E-state index is 0.0952. The quantitative estimate of drug-likeness (QED) is 0.865. The highest BCUT2D eigenvalue weighted by molar-refractivity contribution is 5.86. The van der Waals surface area contributed by atoms with Crippen LogP contribution in [0.1, 0.15) is 31.4 Å². The molecule has 18 heavy (non-hydrogen) atoms. The summed E-state index contributed by atoms with van der Waals surface area (Å²) in [5, 5.41) is 15.5. The van der Waals surface area contributed by atoms with E-state index in [0.717, 1.165) is 12.8 Å². The molecule has 3 rings (SSSR count). The Morgan fingerprint density at radius 3 is 2.61 bits per heavy atom. The van der Waals surface area contributed by atoms with Gasteiger partial charge in [-0.2, -0.15) is 0 Å². The largest absolute Gasteiger partial charge is 0.393 e. The summed E-state index contributed by atoms with van der Waals surface area (Å²) in [4.78, 5) is 0. The van der Waals surface area contributed by atoms with E-state index in [1.165, 1.54) is 16.3 Å². The van der Waals surface area contributed by atoms with Gasteiger partial charge in [0.2, 0.25) is 0 Å². The van der Waals surface area contributed by atoms with E-state index >= 15 is 0 Å². The van der Waals surface area contributed by atoms with E-state index in [-0.39, 0.29) is 6.10 Å². The Bertz CT molecular complexity index is 540. The average Bonchev–Trinajstić information content (AvgIpc) is 2.36. The van der Waals surface area contributed by atoms with Crippen LogP contribution in [0.25, 0.3) is 10.8 Å². The van der Waals surface area contributed by atoms with Crippen LogP contribution in [0.15, 0.2) is 42.5 Å². The molecular weight excluding hydrogens is 222 g/mol. The lowest BCUT2D eigenvalue weighted by atomic mass is 9.88. The monoisotopic (exact) mass is 241 g/mol. The maximum atomic E-state index is 9.33. The van der Waals surface area contributed by atoms with Crippen molar-refractivity contribution in [3.05, 3.63) is 48.0 Å². The van der Waals surface area contributed by atoms with E-state index in [0.29, 0.717) is 12.1 Å². The molecule has 0 bridgehead atoms. The van der Waals surface area contributed by atoms with Crippen molar-refractivity contribution in [2.24, 2.45) is 0 Å². The molecule has 2 aromatic rings. The topological polar surface area (TPSA) is 32.3 Å². The zero-order valence-corrected chi connectivity index (χ0v) is 10.6. The Labute approximate surface area is 108 Å². The molecule has 94 valence electrons. The van der Waals surface area contributed by atoms with E-state index in [1.54, 1.807) is 0 Å². The van der Waals surface area contributed by atoms with Gasteiger partial charge in [-0.15, -0.1) is 0 Å². The van der Waals surface area contributed by atoms with Crippen molar-refractivity contribution in [3.8, 4) is 0 Å². The zero-order valence-electron chi connectivity index (χ0n) is 10.6. The molecule has 1 unspecified atom stereocenters. The standard InChI is InChI=1S/C16H19NO/c1-11(17-13-9-14(18)10-13)15-8-4-6-12-5-2-3-7-16(12)15/h2-8,11,13-14,17-18H,9-10H2,1H3. The Morgan fingerprint density at radius 2 is 1.83 bits per heavy atom. The smallest absolute Gasteiger partial charge is 0.0570 e. The van der Waals surface area contributed by atoms with Gasteiger partial charge in [-0.05, 0) is 36.1 Å². The van der Waals surface area contributed by atoms with Gasteiger partial charge in [-0.25, -0.2) is 0 Å². The molecule has 0 saturated heterocycles. The van der Waals surface area contributed by atoms with Crippen molar-refractivity contribution in [1.29, 1.82) is 0 Å². The molecule has 1 aliphatic rings. The third-order valence-corrected chi connectivity index (χ3v) is 3.89. The first-order chi connectivity index (χ1) is 8.74. The summed E-state index contributed by atoms with van der Waals surface area (Å²) >= 11 is 0. The van der Waals surface area contributed by atoms with Crippen molar-refractivity contribution >= 4 is 10.8 Å². The van der Waals surface area contributed by atoms with Crippen LogP contribution < -0.4 is 5.32 Å². The fourth-order valence-corrected chi connectivity index (χ4v) is 2.80. The first-order valence-corrected chi connectivity index (χ1v) is 6.66. The summed E-state index contributed by atoms with van der Waals surface area (Å²) in [6.45, 7) is 2.20. The van der Waals surface area contributed by atoms with Gasteiger partial charge in [0.25, 0.3) is 0 Å². The second kappa shape index (κ2) is 4.71. The van der Waals surface area contributed by atoms with Crippen molar-refractivity contribution in [1.82, 2.24) is 5.32 Å². The van der Waals surface area contributed by atoms with Crippen LogP contribution in [-0.4, -0.2) is 17.3 Å². The Morgan fingerprint density at radius 1 is 1.11 bits per heavy atom. The van der Waals surface area contributed by atoms with Crippen LogP contribution in [0.3, 0.4) is 0 Å². The minimum atomic E-state index is -0.0952. The first-order valence-electron chi connectivity index (χ1n) is 6.66. The van der Waals surface area contributed by atoms with Crippen molar-refractivity contribution in [3.63, 3.8) is 0 Å². The van der Waals surface area contributed by atoms with Gasteiger partial charge >= 0.3 is 0 Å². The van der Waals surface area contributed by atoms with E-state index < -0.39 is 0 Å². The van der Waals surface area contributed by atoms with Crippen molar-refractivity contribution < 1.29 is 5.11 Å². The molecule has 0 spiro atoms. The molecule has 0 aliphatic heterocycles. The molecule has 1 aliphatic carbocycles. The maximum absolute atomic E-state index is 9.33. The highest BCUT2D eigenvalue weighted by atomic mass is 16.3. The number of benzene rings is 2. The molecule has 2 nitrogen and oxygen atoms in total. The molecule has 1 fully saturated rings. The Balaban J connectivity index is 1.84. The van der Waals surface area contributed by atoms with Gasteiger partial charge in [0.05, 0.1) is 6.10 Å². The lowest BCUT2D eigenvalue weighted by Gasteiger charge is -2.34. The van der Waals surface area contributed by atoms with Crippen molar-refractivity contribution in [2.75, 3.05) is 0 Å². The summed E-state index contributed by atoms with van der Waals surface area (Å²) in [6.07, 6.45) is 1.67. The molecular formula is C16H19NO. The summed E-state index contributed by atoms with van der Waals surface area (Å²) in [7, 11) is 0. The third-order valence-electron chi connectivity index (χ3n) is 3.89. The Hall–Kier alpha value is -1.38. The molecule has 2 aromatic carbocycles. The maximum Gasteiger partial charge on any atom is 0.0570 e. The molecule has 1 atom stereocenters. The average molecular weight is 241 g/mol. The van der Waals surface area contributed by atoms with Crippen molar-refractivity contribution in [2.45, 2.75) is 38.0 Å². The number of nitrogens with one attached hydrogen (secondary N) is 1. The van der Waals surface area contributed by atoms with E-state index in [2.05, 4.69) is 54.7 Å². The highest BCUT2D eigenvalue weighted by Crippen LogP contribution is 2.27. The van der Waals surface area contributed by atoms with E-state index in [1.807, 2.05) is 0 Å². The first kappa shape index (κ1) is 11.7. The van der Waals surface area contributed by atoms with Crippen LogP contribution >= 0.6 is 0 Å². The number of aliphatic hydroxyl groups excluding tert-OH is 1. The summed E-state index contributed by atoms with van der Waals surface area (Å²) < 4.78 is 0. The predicted octanol–water partition coefficient (Wildman–Crippen LogP) is 3.01.